The van der Waals surface area contributed by atoms with Crippen molar-refractivity contribution < 1.29 is 14.7 Å². The molecule has 20 heavy (non-hydrogen) atoms. The van der Waals surface area contributed by atoms with E-state index in [9.17, 15) is 9.59 Å². The molecule has 1 aliphatic heterocycles. The lowest BCUT2D eigenvalue weighted by Crippen LogP contribution is -2.59. The van der Waals surface area contributed by atoms with Gasteiger partial charge in [0.1, 0.15) is 6.54 Å². The molecule has 2 unspecified atom stereocenters. The fraction of sp³-hybridized carbons (Fsp3) is 0.857. The van der Waals surface area contributed by atoms with Crippen LogP contribution in [0.5, 0.6) is 0 Å². The molecule has 1 aliphatic rings. The van der Waals surface area contributed by atoms with E-state index >= 15 is 0 Å². The van der Waals surface area contributed by atoms with Gasteiger partial charge in [-0.2, -0.15) is 0 Å². The lowest BCUT2D eigenvalue weighted by Gasteiger charge is -2.43. The maximum Gasteiger partial charge on any atom is 0.323 e. The Morgan fingerprint density at radius 2 is 1.75 bits per heavy atom. The molecule has 1 heterocycles. The van der Waals surface area contributed by atoms with Gasteiger partial charge in [-0.15, -0.1) is 0 Å². The fourth-order valence-corrected chi connectivity index (χ4v) is 2.57. The number of carbonyl (C=O) groups is 2. The number of rotatable bonds is 4. The molecule has 1 saturated heterocycles. The van der Waals surface area contributed by atoms with E-state index in [-0.39, 0.29) is 30.6 Å². The van der Waals surface area contributed by atoms with Crippen LogP contribution in [0.15, 0.2) is 0 Å². The summed E-state index contributed by atoms with van der Waals surface area (Å²) in [7, 11) is 2.06. The Morgan fingerprint density at radius 3 is 2.15 bits per heavy atom. The van der Waals surface area contributed by atoms with Gasteiger partial charge in [0, 0.05) is 31.7 Å². The summed E-state index contributed by atoms with van der Waals surface area (Å²) >= 11 is 0. The highest BCUT2D eigenvalue weighted by Crippen LogP contribution is 2.15. The minimum Gasteiger partial charge on any atom is -0.480 e. The number of piperazine rings is 1. The second kappa shape index (κ2) is 6.92. The first-order valence-electron chi connectivity index (χ1n) is 7.20. The normalized spacial score (nSPS) is 24.0. The second-order valence-corrected chi connectivity index (χ2v) is 6.22. The summed E-state index contributed by atoms with van der Waals surface area (Å²) in [6.07, 6.45) is 0. The van der Waals surface area contributed by atoms with Gasteiger partial charge in [0.15, 0.2) is 0 Å². The van der Waals surface area contributed by atoms with Crippen molar-refractivity contribution in [2.45, 2.75) is 39.8 Å². The number of aliphatic carboxylic acids is 1. The number of urea groups is 1. The monoisotopic (exact) mass is 285 g/mol. The van der Waals surface area contributed by atoms with Crippen LogP contribution in [0.4, 0.5) is 4.79 Å². The van der Waals surface area contributed by atoms with E-state index in [0.717, 1.165) is 0 Å². The van der Waals surface area contributed by atoms with E-state index in [0.29, 0.717) is 19.6 Å². The summed E-state index contributed by atoms with van der Waals surface area (Å²) in [4.78, 5) is 28.9. The molecule has 0 saturated carbocycles. The predicted molar refractivity (Wildman–Crippen MR) is 77.7 cm³/mol. The van der Waals surface area contributed by atoms with Crippen LogP contribution in [-0.4, -0.2) is 77.1 Å². The number of hydrogen-bond donors (Lipinski definition) is 1. The largest absolute Gasteiger partial charge is 0.480 e. The molecule has 0 aromatic heterocycles. The predicted octanol–water partition coefficient (Wildman–Crippen LogP) is 1.17. The summed E-state index contributed by atoms with van der Waals surface area (Å²) in [6.45, 7) is 9.67. The molecule has 2 atom stereocenters. The molecule has 0 spiro atoms. The highest BCUT2D eigenvalue weighted by Gasteiger charge is 2.32. The van der Waals surface area contributed by atoms with Crippen molar-refractivity contribution in [1.82, 2.24) is 14.7 Å². The zero-order chi connectivity index (χ0) is 15.4. The zero-order valence-corrected chi connectivity index (χ0v) is 13.2. The van der Waals surface area contributed by atoms with E-state index in [1.54, 1.807) is 4.90 Å². The van der Waals surface area contributed by atoms with Gasteiger partial charge in [-0.3, -0.25) is 9.69 Å². The summed E-state index contributed by atoms with van der Waals surface area (Å²) < 4.78 is 0. The molecule has 2 amide bonds. The topological polar surface area (TPSA) is 64.1 Å². The molecule has 6 heteroatoms. The standard InChI is InChI=1S/C14H27N3O3/c1-10(2)6-16(9-13(18)19)14(20)17-7-11(3)15(5)12(4)8-17/h10-12H,6-9H2,1-5H3,(H,18,19). The Kier molecular flexibility index (Phi) is 5.80. The molecule has 6 nitrogen and oxygen atoms in total. The number of hydrogen-bond acceptors (Lipinski definition) is 3. The molecule has 0 aromatic carbocycles. The van der Waals surface area contributed by atoms with Crippen molar-refractivity contribution in [3.8, 4) is 0 Å². The molecule has 116 valence electrons. The Hall–Kier alpha value is -1.30. The van der Waals surface area contributed by atoms with E-state index < -0.39 is 5.97 Å². The molecule has 0 bridgehead atoms. The third-order valence-electron chi connectivity index (χ3n) is 3.81. The van der Waals surface area contributed by atoms with Crippen LogP contribution in [0.1, 0.15) is 27.7 Å². The van der Waals surface area contributed by atoms with Crippen molar-refractivity contribution in [1.29, 1.82) is 0 Å². The summed E-state index contributed by atoms with van der Waals surface area (Å²) in [5.41, 5.74) is 0. The minimum atomic E-state index is -0.964. The van der Waals surface area contributed by atoms with Crippen molar-refractivity contribution in [2.24, 2.45) is 5.92 Å². The molecular formula is C14H27N3O3. The van der Waals surface area contributed by atoms with Crippen LogP contribution >= 0.6 is 0 Å². The smallest absolute Gasteiger partial charge is 0.323 e. The van der Waals surface area contributed by atoms with Gasteiger partial charge in [0.2, 0.25) is 0 Å². The van der Waals surface area contributed by atoms with E-state index in [2.05, 4.69) is 25.8 Å². The van der Waals surface area contributed by atoms with Gasteiger partial charge in [-0.1, -0.05) is 13.8 Å². The van der Waals surface area contributed by atoms with Crippen LogP contribution in [-0.2, 0) is 4.79 Å². The first-order chi connectivity index (χ1) is 9.22. The molecule has 1 N–H and O–H groups in total. The third kappa shape index (κ3) is 4.37. The van der Waals surface area contributed by atoms with E-state index in [4.69, 9.17) is 5.11 Å². The van der Waals surface area contributed by atoms with E-state index in [1.807, 2.05) is 13.8 Å². The lowest BCUT2D eigenvalue weighted by atomic mass is 10.1. The van der Waals surface area contributed by atoms with Gasteiger partial charge in [0.25, 0.3) is 0 Å². The van der Waals surface area contributed by atoms with Gasteiger partial charge < -0.3 is 14.9 Å². The maximum absolute atomic E-state index is 12.5. The molecule has 1 fully saturated rings. The second-order valence-electron chi connectivity index (χ2n) is 6.22. The van der Waals surface area contributed by atoms with Gasteiger partial charge in [0.05, 0.1) is 0 Å². The lowest BCUT2D eigenvalue weighted by molar-refractivity contribution is -0.137. The minimum absolute atomic E-state index is 0.159. The van der Waals surface area contributed by atoms with Crippen LogP contribution in [0.2, 0.25) is 0 Å². The average molecular weight is 285 g/mol. The molecule has 1 rings (SSSR count). The van der Waals surface area contributed by atoms with Gasteiger partial charge in [-0.05, 0) is 26.8 Å². The number of carboxylic acid groups (broad SMARTS) is 1. The van der Waals surface area contributed by atoms with Crippen LogP contribution in [0, 0.1) is 5.92 Å². The van der Waals surface area contributed by atoms with E-state index in [1.165, 1.54) is 4.90 Å². The summed E-state index contributed by atoms with van der Waals surface area (Å²) in [5.74, 6) is -0.713. The fourth-order valence-electron chi connectivity index (χ4n) is 2.57. The number of amides is 2. The Labute approximate surface area is 121 Å². The van der Waals surface area contributed by atoms with Crippen molar-refractivity contribution >= 4 is 12.0 Å². The van der Waals surface area contributed by atoms with Crippen molar-refractivity contribution in [3.05, 3.63) is 0 Å². The summed E-state index contributed by atoms with van der Waals surface area (Å²) in [5, 5.41) is 8.97. The Balaban J connectivity index is 2.75. The molecule has 0 aliphatic carbocycles. The van der Waals surface area contributed by atoms with Crippen molar-refractivity contribution in [2.75, 3.05) is 33.2 Å². The number of carboxylic acids is 1. The number of carbonyl (C=O) groups excluding carboxylic acids is 1. The zero-order valence-electron chi connectivity index (χ0n) is 13.2. The van der Waals surface area contributed by atoms with Gasteiger partial charge >= 0.3 is 12.0 Å². The molecule has 0 radical (unpaired) electrons. The maximum atomic E-state index is 12.5. The van der Waals surface area contributed by atoms with Crippen LogP contribution in [0.3, 0.4) is 0 Å². The first kappa shape index (κ1) is 16.8. The number of nitrogens with zero attached hydrogens (tertiary/aromatic N) is 3. The van der Waals surface area contributed by atoms with Crippen molar-refractivity contribution in [3.63, 3.8) is 0 Å². The Bertz CT molecular complexity index is 348. The van der Waals surface area contributed by atoms with Crippen LogP contribution < -0.4 is 0 Å². The molecule has 0 aromatic rings. The SMILES string of the molecule is CC(C)CN(CC(=O)O)C(=O)N1CC(C)N(C)C(C)C1. The highest BCUT2D eigenvalue weighted by atomic mass is 16.4. The third-order valence-corrected chi connectivity index (χ3v) is 3.81. The number of likely N-dealkylation sites (N-methyl/N-ethyl adjacent to an activating group) is 1. The van der Waals surface area contributed by atoms with Crippen LogP contribution in [0.25, 0.3) is 0 Å². The highest BCUT2D eigenvalue weighted by molar-refractivity contribution is 5.80. The van der Waals surface area contributed by atoms with Gasteiger partial charge in [-0.25, -0.2) is 4.79 Å². The first-order valence-corrected chi connectivity index (χ1v) is 7.20. The average Bonchev–Trinajstić information content (AvgIpc) is 2.32. The Morgan fingerprint density at radius 1 is 1.25 bits per heavy atom. The molecular weight excluding hydrogens is 258 g/mol. The summed E-state index contributed by atoms with van der Waals surface area (Å²) in [6, 6.07) is 0.412. The quantitative estimate of drug-likeness (QED) is 0.842.